The monoisotopic (exact) mass is 470 g/mol. The molecular weight excluding hydrogens is 450 g/mol. The molecule has 0 radical (unpaired) electrons. The van der Waals surface area contributed by atoms with Crippen molar-refractivity contribution in [2.75, 3.05) is 30.4 Å². The zero-order chi connectivity index (χ0) is 24.0. The van der Waals surface area contributed by atoms with E-state index in [1.54, 1.807) is 6.08 Å². The fourth-order valence-corrected chi connectivity index (χ4v) is 3.27. The number of rotatable bonds is 8. The summed E-state index contributed by atoms with van der Waals surface area (Å²) in [7, 11) is 1.87. The number of carbonyl (C=O) groups is 2. The summed E-state index contributed by atoms with van der Waals surface area (Å²) in [6.45, 7) is 0.582. The van der Waals surface area contributed by atoms with Gasteiger partial charge in [-0.25, -0.2) is 8.78 Å². The summed E-state index contributed by atoms with van der Waals surface area (Å²) in [6.07, 6.45) is 3.12. The number of hydrogen-bond donors (Lipinski definition) is 2. The third-order valence-corrected chi connectivity index (χ3v) is 5.26. The molecule has 3 aromatic rings. The predicted molar refractivity (Wildman–Crippen MR) is 126 cm³/mol. The minimum Gasteiger partial charge on any atom is -0.395 e. The third kappa shape index (κ3) is 6.03. The molecule has 0 fully saturated rings. The van der Waals surface area contributed by atoms with Gasteiger partial charge in [0.05, 0.1) is 17.2 Å². The second-order valence-corrected chi connectivity index (χ2v) is 7.56. The molecule has 5 nitrogen and oxygen atoms in total. The minimum absolute atomic E-state index is 0.0601. The van der Waals surface area contributed by atoms with Crippen LogP contribution in [0.2, 0.25) is 5.02 Å². The summed E-state index contributed by atoms with van der Waals surface area (Å²) in [5, 5.41) is 10.8. The van der Waals surface area contributed by atoms with Crippen LogP contribution in [0.25, 0.3) is 6.08 Å². The molecular formula is C25H21ClF2N2O3. The molecule has 0 aliphatic rings. The topological polar surface area (TPSA) is 69.6 Å². The van der Waals surface area contributed by atoms with Crippen LogP contribution in [-0.4, -0.2) is 37.0 Å². The first kappa shape index (κ1) is 24.1. The highest BCUT2D eigenvalue weighted by Gasteiger charge is 2.19. The van der Waals surface area contributed by atoms with Crippen LogP contribution in [0.15, 0.2) is 66.7 Å². The van der Waals surface area contributed by atoms with Crippen molar-refractivity contribution in [2.24, 2.45) is 0 Å². The molecule has 0 saturated heterocycles. The summed E-state index contributed by atoms with van der Waals surface area (Å²) in [5.74, 6) is -2.98. The second kappa shape index (κ2) is 10.8. The minimum atomic E-state index is -0.941. The first-order chi connectivity index (χ1) is 15.8. The van der Waals surface area contributed by atoms with Crippen molar-refractivity contribution in [1.82, 2.24) is 0 Å². The Morgan fingerprint density at radius 1 is 1.00 bits per heavy atom. The Balaban J connectivity index is 1.64. The summed E-state index contributed by atoms with van der Waals surface area (Å²) < 4.78 is 27.4. The van der Waals surface area contributed by atoms with Gasteiger partial charge in [-0.3, -0.25) is 9.59 Å². The number of halogens is 3. The number of aliphatic hydroxyl groups is 1. The lowest BCUT2D eigenvalue weighted by molar-refractivity contribution is 0.102. The zero-order valence-electron chi connectivity index (χ0n) is 17.7. The number of aliphatic hydroxyl groups excluding tert-OH is 1. The molecule has 8 heteroatoms. The molecule has 0 unspecified atom stereocenters. The zero-order valence-corrected chi connectivity index (χ0v) is 18.4. The maximum Gasteiger partial charge on any atom is 0.260 e. The van der Waals surface area contributed by atoms with Gasteiger partial charge in [0.1, 0.15) is 11.6 Å². The Hall–Kier alpha value is -3.55. The van der Waals surface area contributed by atoms with Crippen molar-refractivity contribution >= 4 is 40.7 Å². The predicted octanol–water partition coefficient (Wildman–Crippen LogP) is 5.20. The van der Waals surface area contributed by atoms with E-state index >= 15 is 0 Å². The van der Waals surface area contributed by atoms with Gasteiger partial charge in [-0.15, -0.1) is 0 Å². The molecule has 170 valence electrons. The van der Waals surface area contributed by atoms with Crippen LogP contribution in [0.5, 0.6) is 0 Å². The van der Waals surface area contributed by atoms with Gasteiger partial charge >= 0.3 is 0 Å². The standard InChI is InChI=1S/C25H21ClF2N2O3/c1-30(14-15-31)19-9-2-16(3-10-19)4-13-22(32)17-5-7-18(8-6-17)29-25(33)23-20(27)11-12-21(28)24(23)26/h2-13,31H,14-15H2,1H3,(H,29,33)/b13-4+. The van der Waals surface area contributed by atoms with Crippen LogP contribution < -0.4 is 10.2 Å². The quantitative estimate of drug-likeness (QED) is 0.270. The van der Waals surface area contributed by atoms with Crippen molar-refractivity contribution < 1.29 is 23.5 Å². The molecule has 0 heterocycles. The van der Waals surface area contributed by atoms with Gasteiger partial charge in [-0.05, 0) is 60.2 Å². The average Bonchev–Trinajstić information content (AvgIpc) is 2.81. The molecule has 0 aliphatic heterocycles. The van der Waals surface area contributed by atoms with Crippen LogP contribution in [0.4, 0.5) is 20.2 Å². The van der Waals surface area contributed by atoms with Crippen LogP contribution in [-0.2, 0) is 0 Å². The number of ketones is 1. The Labute approximate surface area is 194 Å². The molecule has 2 N–H and O–H groups in total. The van der Waals surface area contributed by atoms with E-state index in [1.165, 1.54) is 30.3 Å². The number of anilines is 2. The van der Waals surface area contributed by atoms with E-state index in [-0.39, 0.29) is 12.4 Å². The van der Waals surface area contributed by atoms with Crippen molar-refractivity contribution in [2.45, 2.75) is 0 Å². The van der Waals surface area contributed by atoms with E-state index in [0.717, 1.165) is 23.4 Å². The van der Waals surface area contributed by atoms with Crippen molar-refractivity contribution in [3.63, 3.8) is 0 Å². The van der Waals surface area contributed by atoms with E-state index in [0.29, 0.717) is 17.8 Å². The smallest absolute Gasteiger partial charge is 0.260 e. The van der Waals surface area contributed by atoms with Crippen molar-refractivity contribution in [3.8, 4) is 0 Å². The molecule has 0 saturated carbocycles. The number of nitrogens with zero attached hydrogens (tertiary/aromatic N) is 1. The maximum absolute atomic E-state index is 13.9. The summed E-state index contributed by atoms with van der Waals surface area (Å²) in [4.78, 5) is 26.6. The number of allylic oxidation sites excluding steroid dienone is 1. The van der Waals surface area contributed by atoms with Gasteiger partial charge in [0.2, 0.25) is 0 Å². The van der Waals surface area contributed by atoms with Gasteiger partial charge in [0, 0.05) is 30.5 Å². The number of carbonyl (C=O) groups excluding carboxylic acids is 2. The van der Waals surface area contributed by atoms with Gasteiger partial charge < -0.3 is 15.3 Å². The number of hydrogen-bond acceptors (Lipinski definition) is 4. The Kier molecular flexibility index (Phi) is 7.92. The largest absolute Gasteiger partial charge is 0.395 e. The Morgan fingerprint density at radius 2 is 1.64 bits per heavy atom. The van der Waals surface area contributed by atoms with E-state index < -0.39 is 28.1 Å². The molecule has 3 rings (SSSR count). The van der Waals surface area contributed by atoms with E-state index in [4.69, 9.17) is 16.7 Å². The highest BCUT2D eigenvalue weighted by molar-refractivity contribution is 6.34. The number of nitrogens with one attached hydrogen (secondary N) is 1. The number of amides is 1. The molecule has 0 atom stereocenters. The molecule has 0 aromatic heterocycles. The Morgan fingerprint density at radius 3 is 2.27 bits per heavy atom. The maximum atomic E-state index is 13.9. The fraction of sp³-hybridized carbons (Fsp3) is 0.120. The van der Waals surface area contributed by atoms with Gasteiger partial charge in [-0.2, -0.15) is 0 Å². The van der Waals surface area contributed by atoms with E-state index in [2.05, 4.69) is 5.32 Å². The summed E-state index contributed by atoms with van der Waals surface area (Å²) >= 11 is 5.71. The van der Waals surface area contributed by atoms with Gasteiger partial charge in [0.15, 0.2) is 5.78 Å². The SMILES string of the molecule is CN(CCO)c1ccc(/C=C/C(=O)c2ccc(NC(=O)c3c(F)ccc(F)c3Cl)cc2)cc1. The number of likely N-dealkylation sites (N-methyl/N-ethyl adjacent to an activating group) is 1. The Bertz CT molecular complexity index is 1180. The average molecular weight is 471 g/mol. The lowest BCUT2D eigenvalue weighted by Gasteiger charge is -2.17. The first-order valence-corrected chi connectivity index (χ1v) is 10.4. The van der Waals surface area contributed by atoms with Crippen LogP contribution in [0.1, 0.15) is 26.3 Å². The normalized spacial score (nSPS) is 10.9. The van der Waals surface area contributed by atoms with Crippen LogP contribution >= 0.6 is 11.6 Å². The first-order valence-electron chi connectivity index (χ1n) is 9.99. The molecule has 0 bridgehead atoms. The van der Waals surface area contributed by atoms with E-state index in [1.807, 2.05) is 36.2 Å². The second-order valence-electron chi connectivity index (χ2n) is 7.18. The molecule has 1 amide bonds. The highest BCUT2D eigenvalue weighted by Crippen LogP contribution is 2.24. The number of benzene rings is 3. The third-order valence-electron chi connectivity index (χ3n) is 4.89. The molecule has 3 aromatic carbocycles. The van der Waals surface area contributed by atoms with Crippen LogP contribution in [0.3, 0.4) is 0 Å². The molecule has 0 aliphatic carbocycles. The van der Waals surface area contributed by atoms with Gasteiger partial charge in [-0.1, -0.05) is 29.8 Å². The van der Waals surface area contributed by atoms with E-state index in [9.17, 15) is 18.4 Å². The summed E-state index contributed by atoms with van der Waals surface area (Å²) in [6, 6.07) is 15.2. The molecule has 0 spiro atoms. The van der Waals surface area contributed by atoms with Crippen molar-refractivity contribution in [1.29, 1.82) is 0 Å². The van der Waals surface area contributed by atoms with Gasteiger partial charge in [0.25, 0.3) is 5.91 Å². The van der Waals surface area contributed by atoms with Crippen molar-refractivity contribution in [3.05, 3.63) is 100 Å². The highest BCUT2D eigenvalue weighted by atomic mass is 35.5. The fourth-order valence-electron chi connectivity index (χ4n) is 3.03. The summed E-state index contributed by atoms with van der Waals surface area (Å²) in [5.41, 5.74) is 1.88. The lowest BCUT2D eigenvalue weighted by Crippen LogP contribution is -2.20. The van der Waals surface area contributed by atoms with Crippen LogP contribution in [0, 0.1) is 11.6 Å². The molecule has 33 heavy (non-hydrogen) atoms. The lowest BCUT2D eigenvalue weighted by atomic mass is 10.1.